The first-order valence-corrected chi connectivity index (χ1v) is 8.13. The molecule has 0 saturated carbocycles. The number of ether oxygens (including phenoxy) is 1. The van der Waals surface area contributed by atoms with Crippen LogP contribution in [0.1, 0.15) is 13.8 Å². The maximum atomic E-state index is 12.4. The number of alkyl halides is 3. The van der Waals surface area contributed by atoms with E-state index in [2.05, 4.69) is 9.72 Å². The molecule has 0 bridgehead atoms. The summed E-state index contributed by atoms with van der Waals surface area (Å²) < 4.78 is 66.4. The molecule has 0 spiro atoms. The Morgan fingerprint density at radius 3 is 2.29 bits per heavy atom. The Balaban J connectivity index is 0.00000529. The first-order chi connectivity index (χ1) is 10.4. The van der Waals surface area contributed by atoms with Crippen LogP contribution in [-0.2, 0) is 10.0 Å². The van der Waals surface area contributed by atoms with Crippen molar-refractivity contribution in [3.05, 3.63) is 18.3 Å². The van der Waals surface area contributed by atoms with E-state index in [1.54, 1.807) is 0 Å². The molecule has 1 aromatic heterocycles. The third-order valence-electron chi connectivity index (χ3n) is 3.00. The van der Waals surface area contributed by atoms with E-state index in [9.17, 15) is 21.6 Å². The molecule has 0 saturated heterocycles. The van der Waals surface area contributed by atoms with E-state index in [0.717, 1.165) is 22.6 Å². The van der Waals surface area contributed by atoms with Crippen molar-refractivity contribution in [2.75, 3.05) is 26.7 Å². The van der Waals surface area contributed by atoms with Gasteiger partial charge in [-0.05, 0) is 18.0 Å². The number of aromatic nitrogens is 1. The van der Waals surface area contributed by atoms with Gasteiger partial charge in [-0.3, -0.25) is 0 Å². The number of hydrogen-bond acceptors (Lipinski definition) is 5. The Bertz CT molecular complexity index is 622. The SMILES string of the molecule is CN(CC(C)(C)CN)S(=O)(=O)c1ccc(OCC(F)(F)F)nc1.Cl. The molecule has 11 heteroatoms. The van der Waals surface area contributed by atoms with Gasteiger partial charge in [-0.1, -0.05) is 13.8 Å². The highest BCUT2D eigenvalue weighted by atomic mass is 35.5. The highest BCUT2D eigenvalue weighted by Crippen LogP contribution is 2.22. The summed E-state index contributed by atoms with van der Waals surface area (Å²) in [6, 6.07) is 2.24. The molecule has 0 amide bonds. The zero-order valence-electron chi connectivity index (χ0n) is 13.5. The number of nitrogens with zero attached hydrogens (tertiary/aromatic N) is 2. The van der Waals surface area contributed by atoms with Crippen LogP contribution in [0.4, 0.5) is 13.2 Å². The van der Waals surface area contributed by atoms with Gasteiger partial charge in [-0.25, -0.2) is 17.7 Å². The van der Waals surface area contributed by atoms with Crippen LogP contribution in [0, 0.1) is 5.41 Å². The average Bonchev–Trinajstić information content (AvgIpc) is 2.44. The molecule has 6 nitrogen and oxygen atoms in total. The van der Waals surface area contributed by atoms with Crippen LogP contribution in [0.15, 0.2) is 23.2 Å². The van der Waals surface area contributed by atoms with Crippen LogP contribution in [0.3, 0.4) is 0 Å². The van der Waals surface area contributed by atoms with Gasteiger partial charge in [0.15, 0.2) is 6.61 Å². The van der Waals surface area contributed by atoms with Crippen molar-refractivity contribution in [3.8, 4) is 5.88 Å². The molecule has 0 aromatic carbocycles. The number of halogens is 4. The Morgan fingerprint density at radius 2 is 1.88 bits per heavy atom. The van der Waals surface area contributed by atoms with Crippen LogP contribution in [-0.4, -0.2) is 50.6 Å². The summed E-state index contributed by atoms with van der Waals surface area (Å²) in [5.41, 5.74) is 5.17. The fourth-order valence-corrected chi connectivity index (χ4v) is 3.00. The lowest BCUT2D eigenvalue weighted by atomic mass is 9.94. The van der Waals surface area contributed by atoms with Crippen molar-refractivity contribution in [1.29, 1.82) is 0 Å². The van der Waals surface area contributed by atoms with Crippen molar-refractivity contribution in [1.82, 2.24) is 9.29 Å². The minimum Gasteiger partial charge on any atom is -0.468 e. The summed E-state index contributed by atoms with van der Waals surface area (Å²) >= 11 is 0. The lowest BCUT2D eigenvalue weighted by molar-refractivity contribution is -0.154. The minimum atomic E-state index is -4.49. The molecule has 0 aliphatic carbocycles. The van der Waals surface area contributed by atoms with Gasteiger partial charge in [0.25, 0.3) is 0 Å². The molecular weight excluding hydrogens is 371 g/mol. The molecule has 2 N–H and O–H groups in total. The van der Waals surface area contributed by atoms with Gasteiger partial charge in [0, 0.05) is 19.7 Å². The second-order valence-electron chi connectivity index (χ2n) is 5.87. The summed E-state index contributed by atoms with van der Waals surface area (Å²) in [6.07, 6.45) is -3.52. The zero-order valence-corrected chi connectivity index (χ0v) is 15.1. The van der Waals surface area contributed by atoms with Gasteiger partial charge in [0.1, 0.15) is 4.90 Å². The minimum absolute atomic E-state index is 0. The van der Waals surface area contributed by atoms with Crippen LogP contribution >= 0.6 is 12.4 Å². The van der Waals surface area contributed by atoms with Crippen molar-refractivity contribution in [2.45, 2.75) is 24.9 Å². The molecule has 0 radical (unpaired) electrons. The number of rotatable bonds is 7. The normalized spacial score (nSPS) is 12.8. The van der Waals surface area contributed by atoms with E-state index >= 15 is 0 Å². The van der Waals surface area contributed by atoms with E-state index in [1.807, 2.05) is 13.8 Å². The van der Waals surface area contributed by atoms with Gasteiger partial charge >= 0.3 is 6.18 Å². The molecule has 0 fully saturated rings. The summed E-state index contributed by atoms with van der Waals surface area (Å²) in [4.78, 5) is 3.46. The molecule has 140 valence electrons. The fourth-order valence-electron chi connectivity index (χ4n) is 1.69. The van der Waals surface area contributed by atoms with Gasteiger partial charge < -0.3 is 10.5 Å². The molecule has 0 aliphatic rings. The molecule has 1 aromatic rings. The largest absolute Gasteiger partial charge is 0.468 e. The number of sulfonamides is 1. The van der Waals surface area contributed by atoms with Crippen molar-refractivity contribution >= 4 is 22.4 Å². The van der Waals surface area contributed by atoms with Crippen LogP contribution < -0.4 is 10.5 Å². The van der Waals surface area contributed by atoms with Crippen molar-refractivity contribution in [3.63, 3.8) is 0 Å². The molecular formula is C13H21ClF3N3O3S. The van der Waals surface area contributed by atoms with Crippen molar-refractivity contribution < 1.29 is 26.3 Å². The first-order valence-electron chi connectivity index (χ1n) is 6.69. The lowest BCUT2D eigenvalue weighted by Gasteiger charge is -2.28. The summed E-state index contributed by atoms with van der Waals surface area (Å²) in [6.45, 7) is 2.65. The Labute approximate surface area is 145 Å². The van der Waals surface area contributed by atoms with Gasteiger partial charge in [-0.2, -0.15) is 13.2 Å². The van der Waals surface area contributed by atoms with Crippen LogP contribution in [0.25, 0.3) is 0 Å². The van der Waals surface area contributed by atoms with E-state index in [0.29, 0.717) is 6.54 Å². The maximum Gasteiger partial charge on any atom is 0.422 e. The number of pyridine rings is 1. The third kappa shape index (κ3) is 6.80. The Hall–Kier alpha value is -1.10. The second-order valence-corrected chi connectivity index (χ2v) is 7.91. The predicted octanol–water partition coefficient (Wildman–Crippen LogP) is 2.05. The third-order valence-corrected chi connectivity index (χ3v) is 4.79. The molecule has 0 aliphatic heterocycles. The van der Waals surface area contributed by atoms with E-state index < -0.39 is 28.2 Å². The topological polar surface area (TPSA) is 85.5 Å². The molecule has 24 heavy (non-hydrogen) atoms. The standard InChI is InChI=1S/C13H20F3N3O3S.ClH/c1-12(2,7-17)8-19(3)23(20,21)10-4-5-11(18-6-10)22-9-13(14,15)16;/h4-6H,7-9,17H2,1-3H3;1H. The van der Waals surface area contributed by atoms with Crippen LogP contribution in [0.2, 0.25) is 0 Å². The smallest absolute Gasteiger partial charge is 0.422 e. The number of nitrogens with two attached hydrogens (primary N) is 1. The molecule has 0 unspecified atom stereocenters. The van der Waals surface area contributed by atoms with Gasteiger partial charge in [0.05, 0.1) is 6.20 Å². The fraction of sp³-hybridized carbons (Fsp3) is 0.615. The van der Waals surface area contributed by atoms with E-state index in [-0.39, 0.29) is 29.7 Å². The van der Waals surface area contributed by atoms with Gasteiger partial charge in [-0.15, -0.1) is 12.4 Å². The summed E-state index contributed by atoms with van der Waals surface area (Å²) in [5, 5.41) is 0. The average molecular weight is 392 g/mol. The number of hydrogen-bond donors (Lipinski definition) is 1. The maximum absolute atomic E-state index is 12.4. The highest BCUT2D eigenvalue weighted by Gasteiger charge is 2.29. The predicted molar refractivity (Wildman–Crippen MR) is 85.7 cm³/mol. The molecule has 1 heterocycles. The van der Waals surface area contributed by atoms with Gasteiger partial charge in [0.2, 0.25) is 15.9 Å². The second kappa shape index (κ2) is 8.32. The van der Waals surface area contributed by atoms with E-state index in [4.69, 9.17) is 5.73 Å². The summed E-state index contributed by atoms with van der Waals surface area (Å²) in [5.74, 6) is -0.300. The molecule has 0 atom stereocenters. The quantitative estimate of drug-likeness (QED) is 0.768. The zero-order chi connectivity index (χ0) is 17.9. The lowest BCUT2D eigenvalue weighted by Crippen LogP contribution is -2.39. The van der Waals surface area contributed by atoms with Crippen molar-refractivity contribution in [2.24, 2.45) is 11.1 Å². The highest BCUT2D eigenvalue weighted by molar-refractivity contribution is 7.89. The van der Waals surface area contributed by atoms with E-state index in [1.165, 1.54) is 7.05 Å². The monoisotopic (exact) mass is 391 g/mol. The summed E-state index contributed by atoms with van der Waals surface area (Å²) in [7, 11) is -2.40. The first kappa shape index (κ1) is 22.9. The molecule has 1 rings (SSSR count). The Morgan fingerprint density at radius 1 is 1.29 bits per heavy atom. The van der Waals surface area contributed by atoms with Crippen LogP contribution in [0.5, 0.6) is 5.88 Å². The Kier molecular flexibility index (Phi) is 7.94.